The molecule has 0 saturated carbocycles. The standard InChI is InChI=1S/C13H17N3S/c1-4-7-14-13-16-15-12(17-13)11-6-5-9(2)10(3)8-11/h5-6,8H,4,7H2,1-3H3,(H,14,16). The first kappa shape index (κ1) is 12.0. The Labute approximate surface area is 106 Å². The number of aromatic nitrogens is 2. The summed E-state index contributed by atoms with van der Waals surface area (Å²) in [5.41, 5.74) is 3.75. The van der Waals surface area contributed by atoms with E-state index in [9.17, 15) is 0 Å². The lowest BCUT2D eigenvalue weighted by Gasteiger charge is -2.01. The maximum Gasteiger partial charge on any atom is 0.206 e. The number of aryl methyl sites for hydroxylation is 2. The van der Waals surface area contributed by atoms with Crippen molar-refractivity contribution in [3.05, 3.63) is 29.3 Å². The molecule has 0 fully saturated rings. The second-order valence-electron chi connectivity index (χ2n) is 4.14. The largest absolute Gasteiger partial charge is 0.360 e. The smallest absolute Gasteiger partial charge is 0.206 e. The van der Waals surface area contributed by atoms with Crippen LogP contribution in [0.1, 0.15) is 24.5 Å². The summed E-state index contributed by atoms with van der Waals surface area (Å²) < 4.78 is 0. The molecule has 0 unspecified atom stereocenters. The van der Waals surface area contributed by atoms with Crippen LogP contribution < -0.4 is 5.32 Å². The van der Waals surface area contributed by atoms with Gasteiger partial charge < -0.3 is 5.32 Å². The Morgan fingerprint density at radius 2 is 2.00 bits per heavy atom. The molecule has 2 aromatic rings. The topological polar surface area (TPSA) is 37.8 Å². The van der Waals surface area contributed by atoms with Gasteiger partial charge in [0, 0.05) is 12.1 Å². The Balaban J connectivity index is 2.21. The molecule has 1 aromatic carbocycles. The molecule has 90 valence electrons. The van der Waals surface area contributed by atoms with Crippen molar-refractivity contribution < 1.29 is 0 Å². The molecule has 0 aliphatic carbocycles. The monoisotopic (exact) mass is 247 g/mol. The summed E-state index contributed by atoms with van der Waals surface area (Å²) >= 11 is 1.61. The van der Waals surface area contributed by atoms with Crippen molar-refractivity contribution in [2.75, 3.05) is 11.9 Å². The predicted octanol–water partition coefficient (Wildman–Crippen LogP) is 3.64. The van der Waals surface area contributed by atoms with Crippen LogP contribution >= 0.6 is 11.3 Å². The minimum absolute atomic E-state index is 0.903. The van der Waals surface area contributed by atoms with Gasteiger partial charge in [0.05, 0.1) is 0 Å². The van der Waals surface area contributed by atoms with Gasteiger partial charge in [-0.05, 0) is 37.5 Å². The third-order valence-electron chi connectivity index (χ3n) is 2.71. The average Bonchev–Trinajstić information content (AvgIpc) is 2.79. The summed E-state index contributed by atoms with van der Waals surface area (Å²) in [7, 11) is 0. The van der Waals surface area contributed by atoms with E-state index in [1.807, 2.05) is 0 Å². The van der Waals surface area contributed by atoms with Crippen LogP contribution in [0.15, 0.2) is 18.2 Å². The van der Waals surface area contributed by atoms with Crippen molar-refractivity contribution in [2.24, 2.45) is 0 Å². The van der Waals surface area contributed by atoms with E-state index in [2.05, 4.69) is 54.5 Å². The van der Waals surface area contributed by atoms with Gasteiger partial charge >= 0.3 is 0 Å². The second-order valence-corrected chi connectivity index (χ2v) is 5.12. The van der Waals surface area contributed by atoms with Gasteiger partial charge in [0.25, 0.3) is 0 Å². The Morgan fingerprint density at radius 3 is 2.71 bits per heavy atom. The van der Waals surface area contributed by atoms with Gasteiger partial charge in [-0.1, -0.05) is 30.4 Å². The third kappa shape index (κ3) is 2.82. The lowest BCUT2D eigenvalue weighted by atomic mass is 10.1. The van der Waals surface area contributed by atoms with Crippen molar-refractivity contribution in [1.29, 1.82) is 0 Å². The molecule has 0 aliphatic rings. The molecule has 0 saturated heterocycles. The van der Waals surface area contributed by atoms with E-state index in [1.165, 1.54) is 11.1 Å². The zero-order chi connectivity index (χ0) is 12.3. The Morgan fingerprint density at radius 1 is 1.18 bits per heavy atom. The normalized spacial score (nSPS) is 10.5. The molecule has 0 bridgehead atoms. The van der Waals surface area contributed by atoms with Crippen molar-refractivity contribution in [3.63, 3.8) is 0 Å². The molecule has 3 nitrogen and oxygen atoms in total. The lowest BCUT2D eigenvalue weighted by Crippen LogP contribution is -1.98. The molecule has 0 aliphatic heterocycles. The van der Waals surface area contributed by atoms with E-state index in [1.54, 1.807) is 11.3 Å². The first-order chi connectivity index (χ1) is 8.20. The van der Waals surface area contributed by atoms with Gasteiger partial charge in [-0.2, -0.15) is 0 Å². The fraction of sp³-hybridized carbons (Fsp3) is 0.385. The highest BCUT2D eigenvalue weighted by Gasteiger charge is 2.06. The highest BCUT2D eigenvalue weighted by Crippen LogP contribution is 2.27. The molecule has 4 heteroatoms. The lowest BCUT2D eigenvalue weighted by molar-refractivity contribution is 0.964. The molecule has 17 heavy (non-hydrogen) atoms. The first-order valence-corrected chi connectivity index (χ1v) is 6.67. The Hall–Kier alpha value is -1.42. The van der Waals surface area contributed by atoms with E-state index in [0.29, 0.717) is 0 Å². The summed E-state index contributed by atoms with van der Waals surface area (Å²) in [5.74, 6) is 0. The molecule has 1 aromatic heterocycles. The van der Waals surface area contributed by atoms with Crippen LogP contribution in [-0.2, 0) is 0 Å². The molecule has 0 spiro atoms. The molecule has 2 rings (SSSR count). The van der Waals surface area contributed by atoms with Gasteiger partial charge in [-0.3, -0.25) is 0 Å². The van der Waals surface area contributed by atoms with Crippen LogP contribution in [0, 0.1) is 13.8 Å². The van der Waals surface area contributed by atoms with Crippen molar-refractivity contribution in [2.45, 2.75) is 27.2 Å². The van der Waals surface area contributed by atoms with Crippen molar-refractivity contribution in [3.8, 4) is 10.6 Å². The van der Waals surface area contributed by atoms with Gasteiger partial charge in [0.2, 0.25) is 5.13 Å². The van der Waals surface area contributed by atoms with Crippen LogP contribution in [0.5, 0.6) is 0 Å². The number of anilines is 1. The number of hydrogen-bond donors (Lipinski definition) is 1. The zero-order valence-electron chi connectivity index (χ0n) is 10.4. The van der Waals surface area contributed by atoms with Crippen LogP contribution in [0.2, 0.25) is 0 Å². The molecular weight excluding hydrogens is 230 g/mol. The van der Waals surface area contributed by atoms with Crippen LogP contribution in [0.4, 0.5) is 5.13 Å². The number of hydrogen-bond acceptors (Lipinski definition) is 4. The summed E-state index contributed by atoms with van der Waals surface area (Å²) in [6.07, 6.45) is 1.10. The molecule has 1 heterocycles. The van der Waals surface area contributed by atoms with E-state index in [4.69, 9.17) is 0 Å². The molecule has 0 atom stereocenters. The third-order valence-corrected chi connectivity index (χ3v) is 3.64. The maximum absolute atomic E-state index is 4.22. The number of nitrogens with one attached hydrogen (secondary N) is 1. The van der Waals surface area contributed by atoms with E-state index < -0.39 is 0 Å². The van der Waals surface area contributed by atoms with Gasteiger partial charge in [-0.25, -0.2) is 0 Å². The van der Waals surface area contributed by atoms with Gasteiger partial charge in [0.1, 0.15) is 5.01 Å². The number of benzene rings is 1. The zero-order valence-corrected chi connectivity index (χ0v) is 11.3. The summed E-state index contributed by atoms with van der Waals surface area (Å²) in [5, 5.41) is 13.5. The Bertz CT molecular complexity index is 505. The fourth-order valence-corrected chi connectivity index (χ4v) is 2.28. The van der Waals surface area contributed by atoms with Crippen LogP contribution in [0.3, 0.4) is 0 Å². The van der Waals surface area contributed by atoms with E-state index >= 15 is 0 Å². The van der Waals surface area contributed by atoms with Gasteiger partial charge in [-0.15, -0.1) is 10.2 Å². The summed E-state index contributed by atoms with van der Waals surface area (Å²) in [6, 6.07) is 6.40. The molecular formula is C13H17N3S. The van der Waals surface area contributed by atoms with E-state index in [0.717, 1.165) is 28.7 Å². The average molecular weight is 247 g/mol. The highest BCUT2D eigenvalue weighted by molar-refractivity contribution is 7.18. The summed E-state index contributed by atoms with van der Waals surface area (Å²) in [6.45, 7) is 7.32. The molecule has 0 amide bonds. The number of rotatable bonds is 4. The first-order valence-electron chi connectivity index (χ1n) is 5.85. The minimum atomic E-state index is 0.903. The van der Waals surface area contributed by atoms with E-state index in [-0.39, 0.29) is 0 Å². The van der Waals surface area contributed by atoms with Gasteiger partial charge in [0.15, 0.2) is 0 Å². The quantitative estimate of drug-likeness (QED) is 0.896. The van der Waals surface area contributed by atoms with Crippen molar-refractivity contribution in [1.82, 2.24) is 10.2 Å². The molecule has 1 N–H and O–H groups in total. The second kappa shape index (κ2) is 5.27. The SMILES string of the molecule is CCCNc1nnc(-c2ccc(C)c(C)c2)s1. The number of nitrogens with zero attached hydrogens (tertiary/aromatic N) is 2. The van der Waals surface area contributed by atoms with Crippen LogP contribution in [0.25, 0.3) is 10.6 Å². The van der Waals surface area contributed by atoms with Crippen molar-refractivity contribution >= 4 is 16.5 Å². The maximum atomic E-state index is 4.22. The molecule has 0 radical (unpaired) electrons. The Kier molecular flexibility index (Phi) is 3.74. The predicted molar refractivity (Wildman–Crippen MR) is 73.6 cm³/mol. The highest BCUT2D eigenvalue weighted by atomic mass is 32.1. The minimum Gasteiger partial charge on any atom is -0.360 e. The fourth-order valence-electron chi connectivity index (χ4n) is 1.52. The summed E-state index contributed by atoms with van der Waals surface area (Å²) in [4.78, 5) is 0. The van der Waals surface area contributed by atoms with Crippen LogP contribution in [-0.4, -0.2) is 16.7 Å².